The van der Waals surface area contributed by atoms with Crippen LogP contribution in [0.3, 0.4) is 0 Å². The van der Waals surface area contributed by atoms with Crippen molar-refractivity contribution in [1.29, 1.82) is 5.26 Å². The average Bonchev–Trinajstić information content (AvgIpc) is 2.41. The lowest BCUT2D eigenvalue weighted by molar-refractivity contribution is 0.142. The molecule has 1 aromatic rings. The van der Waals surface area contributed by atoms with Gasteiger partial charge in [0.1, 0.15) is 11.9 Å². The molecule has 0 radical (unpaired) electrons. The highest BCUT2D eigenvalue weighted by Gasteiger charge is 2.23. The Morgan fingerprint density at radius 1 is 1.37 bits per heavy atom. The molecule has 1 aromatic carbocycles. The first-order chi connectivity index (χ1) is 9.02. The van der Waals surface area contributed by atoms with E-state index in [9.17, 15) is 9.18 Å². The first-order valence-electron chi connectivity index (χ1n) is 5.65. The Morgan fingerprint density at radius 3 is 2.53 bits per heavy atom. The van der Waals surface area contributed by atoms with Gasteiger partial charge in [0.15, 0.2) is 0 Å². The van der Waals surface area contributed by atoms with Crippen molar-refractivity contribution in [3.05, 3.63) is 28.5 Å². The lowest BCUT2D eigenvalue weighted by atomic mass is 10.1. The van der Waals surface area contributed by atoms with E-state index >= 15 is 0 Å². The minimum atomic E-state index is -0.961. The fraction of sp³-hybridized carbons (Fsp3) is 0.333. The lowest BCUT2D eigenvalue weighted by Crippen LogP contribution is -2.48. The third kappa shape index (κ3) is 2.71. The van der Waals surface area contributed by atoms with Crippen LogP contribution in [0, 0.1) is 17.1 Å². The fourth-order valence-electron chi connectivity index (χ4n) is 2.03. The van der Waals surface area contributed by atoms with Crippen molar-refractivity contribution in [2.24, 2.45) is 0 Å². The highest BCUT2D eigenvalue weighted by atomic mass is 35.5. The van der Waals surface area contributed by atoms with Crippen molar-refractivity contribution >= 4 is 23.4 Å². The van der Waals surface area contributed by atoms with Crippen LogP contribution >= 0.6 is 11.6 Å². The number of nitrogens with zero attached hydrogens (tertiary/aromatic N) is 3. The van der Waals surface area contributed by atoms with Gasteiger partial charge >= 0.3 is 6.09 Å². The van der Waals surface area contributed by atoms with E-state index < -0.39 is 11.9 Å². The van der Waals surface area contributed by atoms with E-state index in [1.165, 1.54) is 11.0 Å². The zero-order chi connectivity index (χ0) is 14.0. The molecule has 0 saturated carbocycles. The van der Waals surface area contributed by atoms with Gasteiger partial charge in [-0.15, -0.1) is 0 Å². The number of carbonyl (C=O) groups is 1. The molecule has 100 valence electrons. The first kappa shape index (κ1) is 13.4. The minimum Gasteiger partial charge on any atom is -0.465 e. The number of hydrogen-bond acceptors (Lipinski definition) is 3. The number of nitriles is 1. The molecule has 19 heavy (non-hydrogen) atoms. The third-order valence-electron chi connectivity index (χ3n) is 3.05. The van der Waals surface area contributed by atoms with Crippen molar-refractivity contribution in [2.75, 3.05) is 31.1 Å². The van der Waals surface area contributed by atoms with Crippen LogP contribution in [0.5, 0.6) is 0 Å². The number of hydrogen-bond donors (Lipinski definition) is 1. The Labute approximate surface area is 114 Å². The zero-order valence-electron chi connectivity index (χ0n) is 9.94. The van der Waals surface area contributed by atoms with Gasteiger partial charge in [0.05, 0.1) is 16.3 Å². The summed E-state index contributed by atoms with van der Waals surface area (Å²) in [4.78, 5) is 13.9. The summed E-state index contributed by atoms with van der Waals surface area (Å²) in [6.07, 6.45) is -0.961. The maximum Gasteiger partial charge on any atom is 0.407 e. The van der Waals surface area contributed by atoms with Gasteiger partial charge in [-0.25, -0.2) is 9.18 Å². The molecule has 0 atom stereocenters. The highest BCUT2D eigenvalue weighted by molar-refractivity contribution is 6.31. The van der Waals surface area contributed by atoms with E-state index in [1.807, 2.05) is 11.0 Å². The summed E-state index contributed by atoms with van der Waals surface area (Å²) < 4.78 is 13.3. The van der Waals surface area contributed by atoms with Crippen LogP contribution in [0.4, 0.5) is 14.9 Å². The van der Waals surface area contributed by atoms with Crippen LogP contribution in [0.25, 0.3) is 0 Å². The number of benzene rings is 1. The number of halogens is 2. The van der Waals surface area contributed by atoms with E-state index in [0.29, 0.717) is 31.9 Å². The summed E-state index contributed by atoms with van der Waals surface area (Å²) >= 11 is 5.73. The number of carboxylic acid groups (broad SMARTS) is 1. The van der Waals surface area contributed by atoms with Gasteiger partial charge in [-0.1, -0.05) is 11.6 Å². The molecule has 2 rings (SSSR count). The SMILES string of the molecule is N#Cc1cc(F)c(Cl)cc1N1CCN(C(=O)O)CC1. The Kier molecular flexibility index (Phi) is 3.76. The van der Waals surface area contributed by atoms with Crippen LogP contribution in [-0.2, 0) is 0 Å². The summed E-state index contributed by atoms with van der Waals surface area (Å²) in [7, 11) is 0. The van der Waals surface area contributed by atoms with Crippen molar-refractivity contribution in [1.82, 2.24) is 4.90 Å². The fourth-order valence-corrected chi connectivity index (χ4v) is 2.18. The number of amides is 1. The van der Waals surface area contributed by atoms with Crippen molar-refractivity contribution in [3.63, 3.8) is 0 Å². The topological polar surface area (TPSA) is 67.6 Å². The molecule has 1 aliphatic rings. The molecule has 0 bridgehead atoms. The molecular weight excluding hydrogens is 273 g/mol. The molecule has 1 amide bonds. The van der Waals surface area contributed by atoms with E-state index in [0.717, 1.165) is 6.07 Å². The van der Waals surface area contributed by atoms with Crippen molar-refractivity contribution in [3.8, 4) is 6.07 Å². The summed E-state index contributed by atoms with van der Waals surface area (Å²) in [5, 5.41) is 17.8. The molecule has 1 aliphatic heterocycles. The molecule has 0 spiro atoms. The van der Waals surface area contributed by atoms with Gasteiger partial charge in [-0.05, 0) is 12.1 Å². The maximum absolute atomic E-state index is 13.3. The van der Waals surface area contributed by atoms with Gasteiger partial charge in [-0.2, -0.15) is 5.26 Å². The molecular formula is C12H11ClFN3O2. The number of anilines is 1. The van der Waals surface area contributed by atoms with Crippen molar-refractivity contribution in [2.45, 2.75) is 0 Å². The summed E-state index contributed by atoms with van der Waals surface area (Å²) in [5.41, 5.74) is 0.740. The monoisotopic (exact) mass is 283 g/mol. The summed E-state index contributed by atoms with van der Waals surface area (Å²) in [5.74, 6) is -0.633. The third-order valence-corrected chi connectivity index (χ3v) is 3.34. The molecule has 1 N–H and O–H groups in total. The van der Waals surface area contributed by atoms with Crippen LogP contribution in [0.2, 0.25) is 5.02 Å². The van der Waals surface area contributed by atoms with E-state index in [2.05, 4.69) is 0 Å². The molecule has 1 heterocycles. The second kappa shape index (κ2) is 5.33. The van der Waals surface area contributed by atoms with Crippen LogP contribution in [0.1, 0.15) is 5.56 Å². The van der Waals surface area contributed by atoms with E-state index in [1.54, 1.807) is 0 Å². The second-order valence-electron chi connectivity index (χ2n) is 4.15. The van der Waals surface area contributed by atoms with Crippen molar-refractivity contribution < 1.29 is 14.3 Å². The largest absolute Gasteiger partial charge is 0.465 e. The van der Waals surface area contributed by atoms with Crippen LogP contribution < -0.4 is 4.90 Å². The van der Waals surface area contributed by atoms with Crippen LogP contribution in [0.15, 0.2) is 12.1 Å². The Hall–Kier alpha value is -2.00. The van der Waals surface area contributed by atoms with Gasteiger partial charge in [-0.3, -0.25) is 0 Å². The second-order valence-corrected chi connectivity index (χ2v) is 4.56. The highest BCUT2D eigenvalue weighted by Crippen LogP contribution is 2.27. The molecule has 0 aliphatic carbocycles. The minimum absolute atomic E-state index is 0.0466. The van der Waals surface area contributed by atoms with E-state index in [4.69, 9.17) is 22.0 Å². The standard InChI is InChI=1S/C12H11ClFN3O2/c13-9-6-11(8(7-15)5-10(9)14)16-1-3-17(4-2-16)12(18)19/h5-6H,1-4H2,(H,18,19). The Balaban J connectivity index is 2.22. The molecule has 1 saturated heterocycles. The smallest absolute Gasteiger partial charge is 0.407 e. The van der Waals surface area contributed by atoms with Gasteiger partial charge in [0, 0.05) is 26.2 Å². The summed E-state index contributed by atoms with van der Waals surface area (Å²) in [6, 6.07) is 4.43. The quantitative estimate of drug-likeness (QED) is 0.857. The predicted molar refractivity (Wildman–Crippen MR) is 67.9 cm³/mol. The number of rotatable bonds is 1. The summed E-state index contributed by atoms with van der Waals surface area (Å²) in [6.45, 7) is 1.58. The maximum atomic E-state index is 13.3. The normalized spacial score (nSPS) is 15.2. The van der Waals surface area contributed by atoms with Crippen LogP contribution in [-0.4, -0.2) is 42.3 Å². The zero-order valence-corrected chi connectivity index (χ0v) is 10.7. The average molecular weight is 284 g/mol. The molecule has 5 nitrogen and oxygen atoms in total. The lowest BCUT2D eigenvalue weighted by Gasteiger charge is -2.35. The van der Waals surface area contributed by atoms with Gasteiger partial charge < -0.3 is 14.9 Å². The number of piperazine rings is 1. The van der Waals surface area contributed by atoms with E-state index in [-0.39, 0.29) is 10.6 Å². The van der Waals surface area contributed by atoms with Gasteiger partial charge in [0.25, 0.3) is 0 Å². The molecule has 1 fully saturated rings. The molecule has 7 heteroatoms. The molecule has 0 unspecified atom stereocenters. The Morgan fingerprint density at radius 2 is 2.00 bits per heavy atom. The Bertz CT molecular complexity index is 551. The molecule has 0 aromatic heterocycles. The predicted octanol–water partition coefficient (Wildman–Crippen LogP) is 2.15. The first-order valence-corrected chi connectivity index (χ1v) is 6.02. The van der Waals surface area contributed by atoms with Gasteiger partial charge in [0.2, 0.25) is 0 Å².